The molecule has 5 heteroatoms. The van der Waals surface area contributed by atoms with E-state index in [0.29, 0.717) is 6.54 Å². The van der Waals surface area contributed by atoms with Crippen molar-refractivity contribution in [2.24, 2.45) is 5.10 Å². The predicted octanol–water partition coefficient (Wildman–Crippen LogP) is 2.47. The fourth-order valence-corrected chi connectivity index (χ4v) is 1.87. The average molecular weight is 252 g/mol. The molecule has 1 aliphatic rings. The van der Waals surface area contributed by atoms with E-state index in [4.69, 9.17) is 0 Å². The van der Waals surface area contributed by atoms with Crippen LogP contribution >= 0.6 is 0 Å². The second-order valence-electron chi connectivity index (χ2n) is 4.17. The number of carbonyl (C=O) groups is 1. The smallest absolute Gasteiger partial charge is 0.273 e. The number of hydrogen-bond acceptors (Lipinski definition) is 2. The Bertz CT molecular complexity index is 446. The molecule has 0 spiro atoms. The molecule has 0 aromatic heterocycles. The van der Waals surface area contributed by atoms with E-state index in [1.54, 1.807) is 0 Å². The molecule has 0 fully saturated rings. The highest BCUT2D eigenvalue weighted by Gasteiger charge is 2.28. The summed E-state index contributed by atoms with van der Waals surface area (Å²) >= 11 is 0. The molecule has 18 heavy (non-hydrogen) atoms. The Morgan fingerprint density at radius 2 is 2.00 bits per heavy atom. The summed E-state index contributed by atoms with van der Waals surface area (Å²) in [6, 6.07) is 9.83. The van der Waals surface area contributed by atoms with Crippen molar-refractivity contribution in [2.75, 3.05) is 6.54 Å². The maximum absolute atomic E-state index is 12.4. The molecule has 96 valence electrons. The molecule has 0 saturated heterocycles. The number of hydrazone groups is 1. The van der Waals surface area contributed by atoms with Gasteiger partial charge in [-0.3, -0.25) is 4.79 Å². The fraction of sp³-hybridized carbons (Fsp3) is 0.385. The summed E-state index contributed by atoms with van der Waals surface area (Å²) in [6.07, 6.45) is -1.35. The molecule has 1 aromatic rings. The quantitative estimate of drug-likeness (QED) is 0.792. The van der Waals surface area contributed by atoms with Crippen molar-refractivity contribution >= 4 is 11.6 Å². The Hall–Kier alpha value is -1.78. The minimum absolute atomic E-state index is 0.247. The minimum atomic E-state index is -2.63. The lowest BCUT2D eigenvalue weighted by Gasteiger charge is -2.11. The van der Waals surface area contributed by atoms with Gasteiger partial charge in [-0.1, -0.05) is 30.3 Å². The number of aryl methyl sites for hydroxylation is 1. The Labute approximate surface area is 104 Å². The summed E-state index contributed by atoms with van der Waals surface area (Å²) in [5, 5.41) is 4.81. The van der Waals surface area contributed by atoms with Crippen LogP contribution < -0.4 is 0 Å². The van der Waals surface area contributed by atoms with E-state index in [-0.39, 0.29) is 18.0 Å². The number of hydrogen-bond donors (Lipinski definition) is 0. The van der Waals surface area contributed by atoms with Gasteiger partial charge in [0.05, 0.1) is 6.42 Å². The average Bonchev–Trinajstić information content (AvgIpc) is 2.73. The number of amides is 1. The lowest BCUT2D eigenvalue weighted by atomic mass is 10.1. The summed E-state index contributed by atoms with van der Waals surface area (Å²) in [7, 11) is 0. The van der Waals surface area contributed by atoms with Gasteiger partial charge < -0.3 is 0 Å². The van der Waals surface area contributed by atoms with Gasteiger partial charge in [0.2, 0.25) is 5.91 Å². The first-order valence-corrected chi connectivity index (χ1v) is 5.86. The zero-order valence-corrected chi connectivity index (χ0v) is 9.85. The van der Waals surface area contributed by atoms with Crippen LogP contribution in [0.25, 0.3) is 0 Å². The standard InChI is InChI=1S/C13H14F2N2O/c14-13(15)11-9-12(18)17(16-11)8-4-7-10-5-2-1-3-6-10/h1-3,5-6,13H,4,7-9H2. The number of benzene rings is 1. The molecular weight excluding hydrogens is 238 g/mol. The van der Waals surface area contributed by atoms with Crippen molar-refractivity contribution < 1.29 is 13.6 Å². The lowest BCUT2D eigenvalue weighted by molar-refractivity contribution is -0.128. The number of nitrogens with zero attached hydrogens (tertiary/aromatic N) is 2. The van der Waals surface area contributed by atoms with E-state index >= 15 is 0 Å². The molecule has 0 radical (unpaired) electrons. The number of rotatable bonds is 5. The second-order valence-corrected chi connectivity index (χ2v) is 4.17. The van der Waals surface area contributed by atoms with E-state index in [2.05, 4.69) is 5.10 Å². The molecule has 0 saturated carbocycles. The van der Waals surface area contributed by atoms with Crippen LogP contribution in [0, 0.1) is 0 Å². The van der Waals surface area contributed by atoms with Crippen molar-refractivity contribution in [3.05, 3.63) is 35.9 Å². The van der Waals surface area contributed by atoms with Gasteiger partial charge in [0.1, 0.15) is 5.71 Å². The van der Waals surface area contributed by atoms with Crippen LogP contribution in [0.2, 0.25) is 0 Å². The zero-order valence-electron chi connectivity index (χ0n) is 9.85. The summed E-state index contributed by atoms with van der Waals surface area (Å²) in [5.41, 5.74) is 0.849. The van der Waals surface area contributed by atoms with Gasteiger partial charge in [0, 0.05) is 6.54 Å². The largest absolute Gasteiger partial charge is 0.278 e. The van der Waals surface area contributed by atoms with Crippen molar-refractivity contribution in [1.82, 2.24) is 5.01 Å². The van der Waals surface area contributed by atoms with Crippen LogP contribution in [0.3, 0.4) is 0 Å². The normalized spacial score (nSPS) is 15.4. The maximum atomic E-state index is 12.4. The van der Waals surface area contributed by atoms with Crippen LogP contribution in [0.5, 0.6) is 0 Å². The number of halogens is 2. The Balaban J connectivity index is 1.82. The predicted molar refractivity (Wildman–Crippen MR) is 64.5 cm³/mol. The summed E-state index contributed by atoms with van der Waals surface area (Å²) < 4.78 is 24.7. The maximum Gasteiger partial charge on any atom is 0.278 e. The third kappa shape index (κ3) is 3.12. The fourth-order valence-electron chi connectivity index (χ4n) is 1.87. The SMILES string of the molecule is O=C1CC(C(F)F)=NN1CCCc1ccccc1. The van der Waals surface area contributed by atoms with Crippen molar-refractivity contribution in [1.29, 1.82) is 0 Å². The third-order valence-corrected chi connectivity index (χ3v) is 2.80. The molecule has 0 atom stereocenters. The first-order valence-electron chi connectivity index (χ1n) is 5.86. The molecule has 0 aliphatic carbocycles. The van der Waals surface area contributed by atoms with Gasteiger partial charge in [0.15, 0.2) is 0 Å². The van der Waals surface area contributed by atoms with E-state index in [1.807, 2.05) is 30.3 Å². The summed E-state index contributed by atoms with van der Waals surface area (Å²) in [6.45, 7) is 0.393. The highest BCUT2D eigenvalue weighted by Crippen LogP contribution is 2.14. The Morgan fingerprint density at radius 3 is 2.61 bits per heavy atom. The molecule has 3 nitrogen and oxygen atoms in total. The van der Waals surface area contributed by atoms with E-state index < -0.39 is 6.43 Å². The second kappa shape index (κ2) is 5.71. The highest BCUT2D eigenvalue weighted by molar-refractivity contribution is 6.06. The van der Waals surface area contributed by atoms with Gasteiger partial charge >= 0.3 is 0 Å². The van der Waals surface area contributed by atoms with Crippen molar-refractivity contribution in [2.45, 2.75) is 25.7 Å². The molecule has 1 amide bonds. The summed E-state index contributed by atoms with van der Waals surface area (Å²) in [5.74, 6) is -0.335. The lowest BCUT2D eigenvalue weighted by Crippen LogP contribution is -2.22. The molecule has 2 rings (SSSR count). The first-order chi connectivity index (χ1) is 8.66. The monoisotopic (exact) mass is 252 g/mol. The molecule has 1 heterocycles. The van der Waals surface area contributed by atoms with Crippen molar-refractivity contribution in [3.8, 4) is 0 Å². The molecule has 1 aromatic carbocycles. The number of alkyl halides is 2. The molecule has 0 bridgehead atoms. The molecule has 0 unspecified atom stereocenters. The minimum Gasteiger partial charge on any atom is -0.273 e. The Morgan fingerprint density at radius 1 is 1.28 bits per heavy atom. The zero-order chi connectivity index (χ0) is 13.0. The molecule has 0 N–H and O–H groups in total. The van der Waals surface area contributed by atoms with Gasteiger partial charge in [-0.2, -0.15) is 5.10 Å². The molecule has 1 aliphatic heterocycles. The van der Waals surface area contributed by atoms with Gasteiger partial charge in [-0.25, -0.2) is 13.8 Å². The number of carbonyl (C=O) groups excluding carboxylic acids is 1. The van der Waals surface area contributed by atoms with Gasteiger partial charge in [-0.15, -0.1) is 0 Å². The van der Waals surface area contributed by atoms with Crippen molar-refractivity contribution in [3.63, 3.8) is 0 Å². The van der Waals surface area contributed by atoms with Gasteiger partial charge in [0.25, 0.3) is 6.43 Å². The highest BCUT2D eigenvalue weighted by atomic mass is 19.3. The van der Waals surface area contributed by atoms with E-state index in [9.17, 15) is 13.6 Å². The molecular formula is C13H14F2N2O. The topological polar surface area (TPSA) is 32.7 Å². The van der Waals surface area contributed by atoms with Crippen LogP contribution in [-0.2, 0) is 11.2 Å². The van der Waals surface area contributed by atoms with Crippen LogP contribution in [0.1, 0.15) is 18.4 Å². The summed E-state index contributed by atoms with van der Waals surface area (Å²) in [4.78, 5) is 11.4. The first kappa shape index (κ1) is 12.7. The van der Waals surface area contributed by atoms with Crippen LogP contribution in [-0.4, -0.2) is 29.6 Å². The van der Waals surface area contributed by atoms with E-state index in [1.165, 1.54) is 5.56 Å². The van der Waals surface area contributed by atoms with Gasteiger partial charge in [-0.05, 0) is 18.4 Å². The van der Waals surface area contributed by atoms with Crippen LogP contribution in [0.15, 0.2) is 35.4 Å². The van der Waals surface area contributed by atoms with Crippen LogP contribution in [0.4, 0.5) is 8.78 Å². The Kier molecular flexibility index (Phi) is 4.02. The van der Waals surface area contributed by atoms with E-state index in [0.717, 1.165) is 17.9 Å². The third-order valence-electron chi connectivity index (χ3n) is 2.80.